The highest BCUT2D eigenvalue weighted by Gasteiger charge is 2.11. The van der Waals surface area contributed by atoms with Gasteiger partial charge in [-0.2, -0.15) is 0 Å². The molecule has 0 saturated heterocycles. The summed E-state index contributed by atoms with van der Waals surface area (Å²) < 4.78 is 11.6. The van der Waals surface area contributed by atoms with Gasteiger partial charge in [0.15, 0.2) is 11.6 Å². The first-order valence-electron chi connectivity index (χ1n) is 12.2. The number of allylic oxidation sites excluding steroid dienone is 4. The van der Waals surface area contributed by atoms with Crippen LogP contribution < -0.4 is 9.47 Å². The molecule has 0 bridgehead atoms. The van der Waals surface area contributed by atoms with Crippen LogP contribution in [-0.2, 0) is 0 Å². The summed E-state index contributed by atoms with van der Waals surface area (Å²) in [4.78, 5) is 25.0. The van der Waals surface area contributed by atoms with Gasteiger partial charge in [-0.25, -0.2) is 0 Å². The Labute approximate surface area is 206 Å². The van der Waals surface area contributed by atoms with Gasteiger partial charge < -0.3 is 9.47 Å². The third-order valence-electron chi connectivity index (χ3n) is 5.85. The number of hydrogen-bond donors (Lipinski definition) is 0. The van der Waals surface area contributed by atoms with Crippen LogP contribution in [0, 0.1) is 0 Å². The highest BCUT2D eigenvalue weighted by molar-refractivity contribution is 6.10. The van der Waals surface area contributed by atoms with Crippen LogP contribution >= 0.6 is 0 Å². The highest BCUT2D eigenvalue weighted by atomic mass is 16.5. The first-order valence-corrected chi connectivity index (χ1v) is 12.2. The van der Waals surface area contributed by atoms with Gasteiger partial charge in [-0.3, -0.25) is 9.59 Å². The summed E-state index contributed by atoms with van der Waals surface area (Å²) in [6.07, 6.45) is 10.7. The normalized spacial score (nSPS) is 12.6. The molecule has 0 saturated carbocycles. The number of benzene rings is 3. The molecule has 3 aromatic rings. The van der Waals surface area contributed by atoms with Crippen LogP contribution in [0.15, 0.2) is 103 Å². The summed E-state index contributed by atoms with van der Waals surface area (Å²) in [7, 11) is 0. The Balaban J connectivity index is 1.11. The van der Waals surface area contributed by atoms with Crippen molar-refractivity contribution >= 4 is 11.6 Å². The number of hydrogen-bond acceptors (Lipinski definition) is 4. The predicted molar refractivity (Wildman–Crippen MR) is 138 cm³/mol. The lowest BCUT2D eigenvalue weighted by Gasteiger charge is -2.09. The van der Waals surface area contributed by atoms with E-state index in [2.05, 4.69) is 0 Å². The van der Waals surface area contributed by atoms with E-state index in [-0.39, 0.29) is 11.6 Å². The topological polar surface area (TPSA) is 52.6 Å². The molecular weight excluding hydrogens is 436 g/mol. The largest absolute Gasteiger partial charge is 0.494 e. The molecule has 1 aliphatic carbocycles. The van der Waals surface area contributed by atoms with Crippen molar-refractivity contribution in [2.45, 2.75) is 32.1 Å². The molecule has 0 aromatic heterocycles. The van der Waals surface area contributed by atoms with Crippen molar-refractivity contribution < 1.29 is 19.1 Å². The molecule has 3 aromatic carbocycles. The Morgan fingerprint density at radius 1 is 0.600 bits per heavy atom. The maximum Gasteiger partial charge on any atom is 0.193 e. The molecule has 0 fully saturated rings. The van der Waals surface area contributed by atoms with E-state index >= 15 is 0 Å². The number of carbonyl (C=O) groups excluding carboxylic acids is 2. The van der Waals surface area contributed by atoms with E-state index in [9.17, 15) is 9.59 Å². The molecule has 4 heteroatoms. The smallest absolute Gasteiger partial charge is 0.193 e. The minimum Gasteiger partial charge on any atom is -0.494 e. The SMILES string of the molecule is O=C(C1=CCCC=C1)c1ccc(OCCCCCOc2ccc(C(=O)c3ccccc3)cc2)cc1. The van der Waals surface area contributed by atoms with E-state index in [1.807, 2.05) is 85.0 Å². The molecule has 0 amide bonds. The lowest BCUT2D eigenvalue weighted by atomic mass is 9.98. The van der Waals surface area contributed by atoms with Gasteiger partial charge in [-0.15, -0.1) is 0 Å². The van der Waals surface area contributed by atoms with E-state index in [1.54, 1.807) is 12.1 Å². The van der Waals surface area contributed by atoms with Gasteiger partial charge in [0.1, 0.15) is 11.5 Å². The average Bonchev–Trinajstić information content (AvgIpc) is 2.93. The maximum absolute atomic E-state index is 12.5. The fourth-order valence-electron chi connectivity index (χ4n) is 3.87. The van der Waals surface area contributed by atoms with Crippen molar-refractivity contribution in [3.05, 3.63) is 119 Å². The second-order valence-electron chi connectivity index (χ2n) is 8.47. The average molecular weight is 467 g/mol. The lowest BCUT2D eigenvalue weighted by Crippen LogP contribution is -2.04. The van der Waals surface area contributed by atoms with Crippen LogP contribution in [0.3, 0.4) is 0 Å². The minimum absolute atomic E-state index is 0.0113. The van der Waals surface area contributed by atoms with Crippen LogP contribution in [0.1, 0.15) is 58.4 Å². The molecule has 35 heavy (non-hydrogen) atoms. The maximum atomic E-state index is 12.5. The van der Waals surface area contributed by atoms with Gasteiger partial charge in [0.25, 0.3) is 0 Å². The Morgan fingerprint density at radius 2 is 1.14 bits per heavy atom. The molecule has 0 N–H and O–H groups in total. The fourth-order valence-corrected chi connectivity index (χ4v) is 3.87. The third-order valence-corrected chi connectivity index (χ3v) is 5.85. The number of rotatable bonds is 12. The molecule has 0 heterocycles. The molecule has 0 aliphatic heterocycles. The van der Waals surface area contributed by atoms with Crippen LogP contribution in [0.2, 0.25) is 0 Å². The van der Waals surface area contributed by atoms with E-state index in [4.69, 9.17) is 9.47 Å². The summed E-state index contributed by atoms with van der Waals surface area (Å²) >= 11 is 0. The van der Waals surface area contributed by atoms with Gasteiger partial charge in [-0.05, 0) is 80.6 Å². The van der Waals surface area contributed by atoms with Crippen LogP contribution in [0.4, 0.5) is 0 Å². The molecule has 0 atom stereocenters. The predicted octanol–water partition coefficient (Wildman–Crippen LogP) is 7.00. The van der Waals surface area contributed by atoms with E-state index in [1.165, 1.54) is 0 Å². The summed E-state index contributed by atoms with van der Waals surface area (Å²) in [5.41, 5.74) is 2.79. The van der Waals surface area contributed by atoms with Gasteiger partial charge in [0.05, 0.1) is 13.2 Å². The summed E-state index contributed by atoms with van der Waals surface area (Å²) in [5, 5.41) is 0. The molecule has 0 radical (unpaired) electrons. The van der Waals surface area contributed by atoms with Crippen molar-refractivity contribution in [2.75, 3.05) is 13.2 Å². The number of ether oxygens (including phenoxy) is 2. The van der Waals surface area contributed by atoms with Crippen molar-refractivity contribution in [3.63, 3.8) is 0 Å². The molecule has 4 rings (SSSR count). The lowest BCUT2D eigenvalue weighted by molar-refractivity contribution is 0.103. The molecule has 4 nitrogen and oxygen atoms in total. The fraction of sp³-hybridized carbons (Fsp3) is 0.226. The zero-order chi connectivity index (χ0) is 24.3. The molecule has 1 aliphatic rings. The summed E-state index contributed by atoms with van der Waals surface area (Å²) in [6, 6.07) is 23.9. The standard InChI is InChI=1S/C31H30O4/c32-30(24-10-4-1-5-11-24)26-14-18-28(19-15-26)34-22-8-3-9-23-35-29-20-16-27(17-21-29)31(33)25-12-6-2-7-13-25/h1,4-6,10-21H,2-3,7-9,22-23H2. The Bertz CT molecular complexity index is 1170. The zero-order valence-electron chi connectivity index (χ0n) is 19.8. The van der Waals surface area contributed by atoms with Gasteiger partial charge in [0, 0.05) is 22.3 Å². The van der Waals surface area contributed by atoms with Crippen LogP contribution in [-0.4, -0.2) is 24.8 Å². The molecule has 0 spiro atoms. The second-order valence-corrected chi connectivity index (χ2v) is 8.47. The van der Waals surface area contributed by atoms with E-state index < -0.39 is 0 Å². The zero-order valence-corrected chi connectivity index (χ0v) is 19.8. The monoisotopic (exact) mass is 466 g/mol. The molecule has 178 valence electrons. The Kier molecular flexibility index (Phi) is 8.66. The number of unbranched alkanes of at least 4 members (excludes halogenated alkanes) is 2. The summed E-state index contributed by atoms with van der Waals surface area (Å²) in [5.74, 6) is 1.61. The van der Waals surface area contributed by atoms with Crippen molar-refractivity contribution in [2.24, 2.45) is 0 Å². The quantitative estimate of drug-likeness (QED) is 0.213. The Morgan fingerprint density at radius 3 is 1.69 bits per heavy atom. The molecule has 0 unspecified atom stereocenters. The van der Waals surface area contributed by atoms with E-state index in [0.717, 1.165) is 49.2 Å². The van der Waals surface area contributed by atoms with Crippen molar-refractivity contribution in [3.8, 4) is 11.5 Å². The number of Topliss-reactive ketones (excluding diaryl/α,β-unsaturated/α-hetero) is 1. The highest BCUT2D eigenvalue weighted by Crippen LogP contribution is 2.19. The second kappa shape index (κ2) is 12.5. The van der Waals surface area contributed by atoms with Crippen molar-refractivity contribution in [1.29, 1.82) is 0 Å². The number of ketones is 2. The van der Waals surface area contributed by atoms with Gasteiger partial charge >= 0.3 is 0 Å². The first-order chi connectivity index (χ1) is 17.2. The third kappa shape index (κ3) is 7.03. The van der Waals surface area contributed by atoms with Gasteiger partial charge in [0.2, 0.25) is 0 Å². The van der Waals surface area contributed by atoms with Gasteiger partial charge in [-0.1, -0.05) is 48.6 Å². The van der Waals surface area contributed by atoms with Crippen LogP contribution in [0.5, 0.6) is 11.5 Å². The Hall–Kier alpha value is -3.92. The van der Waals surface area contributed by atoms with Crippen molar-refractivity contribution in [1.82, 2.24) is 0 Å². The minimum atomic E-state index is 0.0113. The molecular formula is C31H30O4. The first kappa shape index (κ1) is 24.2. The summed E-state index contributed by atoms with van der Waals surface area (Å²) in [6.45, 7) is 1.24. The van der Waals surface area contributed by atoms with Crippen LogP contribution in [0.25, 0.3) is 0 Å². The number of carbonyl (C=O) groups is 2. The van der Waals surface area contributed by atoms with E-state index in [0.29, 0.717) is 29.9 Å².